The van der Waals surface area contributed by atoms with Gasteiger partial charge in [-0.3, -0.25) is 4.18 Å². The smallest absolute Gasteiger partial charge is 0.264 e. The van der Waals surface area contributed by atoms with Crippen LogP contribution in [-0.2, 0) is 14.3 Å². The highest BCUT2D eigenvalue weighted by Crippen LogP contribution is 2.05. The summed E-state index contributed by atoms with van der Waals surface area (Å²) in [6, 6.07) is 5.68. The van der Waals surface area contributed by atoms with Gasteiger partial charge in [-0.15, -0.1) is 0 Å². The van der Waals surface area contributed by atoms with E-state index in [4.69, 9.17) is 0 Å². The van der Waals surface area contributed by atoms with Crippen LogP contribution in [-0.4, -0.2) is 21.3 Å². The fourth-order valence-corrected chi connectivity index (χ4v) is 1.17. The van der Waals surface area contributed by atoms with E-state index in [0.29, 0.717) is 0 Å². The van der Waals surface area contributed by atoms with E-state index in [9.17, 15) is 12.8 Å². The van der Waals surface area contributed by atoms with Crippen molar-refractivity contribution in [3.8, 4) is 0 Å². The van der Waals surface area contributed by atoms with Crippen LogP contribution in [0.5, 0.6) is 0 Å². The molecule has 1 aromatic rings. The van der Waals surface area contributed by atoms with Gasteiger partial charge in [-0.05, 0) is 17.7 Å². The Morgan fingerprint density at radius 3 is 2.43 bits per heavy atom. The number of hydrogen-bond donors (Lipinski definition) is 0. The summed E-state index contributed by atoms with van der Waals surface area (Å²) in [7, 11) is -3.41. The molecule has 0 atom stereocenters. The van der Waals surface area contributed by atoms with Crippen LogP contribution in [0.25, 0.3) is 0 Å². The van der Waals surface area contributed by atoms with Crippen LogP contribution >= 0.6 is 0 Å². The summed E-state index contributed by atoms with van der Waals surface area (Å²) in [6.07, 6.45) is 2.53. The van der Waals surface area contributed by atoms with E-state index >= 15 is 0 Å². The largest absolute Gasteiger partial charge is 0.270 e. The molecule has 0 unspecified atom stereocenters. The van der Waals surface area contributed by atoms with Crippen LogP contribution in [0.3, 0.4) is 0 Å². The average molecular weight is 217 g/mol. The molecule has 5 heteroatoms. The van der Waals surface area contributed by atoms with E-state index in [-0.39, 0.29) is 12.4 Å². The van der Waals surface area contributed by atoms with Gasteiger partial charge in [0.25, 0.3) is 10.1 Å². The van der Waals surface area contributed by atoms with Gasteiger partial charge in [0.2, 0.25) is 0 Å². The fraction of sp³-hybridized carbons (Fsp3) is 0.222. The predicted molar refractivity (Wildman–Crippen MR) is 50.6 cm³/mol. The lowest BCUT2D eigenvalue weighted by atomic mass is 10.2. The summed E-state index contributed by atoms with van der Waals surface area (Å²) in [4.78, 5) is 0. The Morgan fingerprint density at radius 2 is 1.93 bits per heavy atom. The molecule has 1 rings (SSSR count). The third-order valence-corrected chi connectivity index (χ3v) is 2.04. The van der Waals surface area contributed by atoms with Crippen molar-refractivity contribution in [1.82, 2.24) is 0 Å². The number of rotatable bonds is 4. The Morgan fingerprint density at radius 1 is 1.36 bits per heavy atom. The van der Waals surface area contributed by atoms with Gasteiger partial charge in [-0.2, -0.15) is 8.42 Å². The minimum absolute atomic E-state index is 0.0372. The van der Waals surface area contributed by atoms with Crippen molar-refractivity contribution in [2.75, 3.05) is 12.9 Å². The van der Waals surface area contributed by atoms with Crippen LogP contribution < -0.4 is 0 Å². The highest BCUT2D eigenvalue weighted by atomic mass is 32.2. The molecule has 0 N–H and O–H groups in total. The molecule has 0 aliphatic carbocycles. The van der Waals surface area contributed by atoms with Crippen molar-refractivity contribution >= 4 is 10.1 Å². The number of benzene rings is 1. The highest BCUT2D eigenvalue weighted by molar-refractivity contribution is 7.85. The van der Waals surface area contributed by atoms with Crippen molar-refractivity contribution in [1.29, 1.82) is 0 Å². The van der Waals surface area contributed by atoms with E-state index in [1.54, 1.807) is 18.6 Å². The molecule has 0 aliphatic heterocycles. The Hall–Kier alpha value is -0.940. The van der Waals surface area contributed by atoms with Gasteiger partial charge in [0, 0.05) is 6.42 Å². The lowest BCUT2D eigenvalue weighted by Gasteiger charge is -2.00. The first-order valence-electron chi connectivity index (χ1n) is 3.90. The second-order valence-electron chi connectivity index (χ2n) is 2.74. The van der Waals surface area contributed by atoms with Gasteiger partial charge >= 0.3 is 0 Å². The highest BCUT2D eigenvalue weighted by Gasteiger charge is 2.01. The number of hydrogen-bond acceptors (Lipinski definition) is 3. The summed E-state index contributed by atoms with van der Waals surface area (Å²) >= 11 is 0. The van der Waals surface area contributed by atoms with Crippen LogP contribution in [0.15, 0.2) is 24.3 Å². The van der Waals surface area contributed by atoms with Gasteiger partial charge < -0.3 is 0 Å². The fourth-order valence-electron chi connectivity index (χ4n) is 0.853. The summed E-state index contributed by atoms with van der Waals surface area (Å²) in [5.74, 6) is -0.328. The zero-order valence-electron chi connectivity index (χ0n) is 7.60. The Bertz CT molecular complexity index is 383. The molecule has 0 fully saturated rings. The van der Waals surface area contributed by atoms with E-state index in [1.807, 2.05) is 0 Å². The molecule has 0 saturated carbocycles. The maximum atomic E-state index is 12.5. The lowest BCUT2D eigenvalue weighted by Crippen LogP contribution is -2.04. The molecule has 0 heterocycles. The molecule has 0 aromatic heterocycles. The van der Waals surface area contributed by atoms with Gasteiger partial charge in [0.1, 0.15) is 5.82 Å². The standard InChI is InChI=1S/C9H10FO3S/c1-14(11,12)13-7-6-8-2-4-9(10)5-3-8/h2-6H,7H2,1H3. The van der Waals surface area contributed by atoms with Crippen molar-refractivity contribution in [2.45, 2.75) is 0 Å². The van der Waals surface area contributed by atoms with Crippen molar-refractivity contribution in [2.24, 2.45) is 0 Å². The van der Waals surface area contributed by atoms with Gasteiger partial charge in [-0.1, -0.05) is 12.1 Å². The molecule has 0 amide bonds. The molecule has 0 aliphatic rings. The summed E-state index contributed by atoms with van der Waals surface area (Å²) in [6.45, 7) is -0.0372. The second kappa shape index (κ2) is 4.52. The summed E-state index contributed by atoms with van der Waals surface area (Å²) in [5, 5.41) is 0. The monoisotopic (exact) mass is 217 g/mol. The van der Waals surface area contributed by atoms with E-state index in [0.717, 1.165) is 11.8 Å². The normalized spacial score (nSPS) is 11.6. The van der Waals surface area contributed by atoms with Gasteiger partial charge in [0.15, 0.2) is 0 Å². The molecule has 1 radical (unpaired) electrons. The summed E-state index contributed by atoms with van der Waals surface area (Å²) in [5.41, 5.74) is 0.718. The van der Waals surface area contributed by atoms with Crippen molar-refractivity contribution in [3.63, 3.8) is 0 Å². The van der Waals surface area contributed by atoms with E-state index in [2.05, 4.69) is 4.18 Å². The topological polar surface area (TPSA) is 43.4 Å². The Balaban J connectivity index is 2.43. The van der Waals surface area contributed by atoms with Crippen LogP contribution in [0.2, 0.25) is 0 Å². The van der Waals surface area contributed by atoms with E-state index in [1.165, 1.54) is 12.1 Å². The maximum Gasteiger partial charge on any atom is 0.264 e. The van der Waals surface area contributed by atoms with Gasteiger partial charge in [0.05, 0.1) is 12.9 Å². The zero-order chi connectivity index (χ0) is 10.6. The molecule has 0 saturated heterocycles. The molecule has 3 nitrogen and oxygen atoms in total. The third kappa shape index (κ3) is 4.34. The quantitative estimate of drug-likeness (QED) is 0.715. The molecule has 0 spiro atoms. The van der Waals surface area contributed by atoms with Crippen molar-refractivity contribution in [3.05, 3.63) is 42.1 Å². The minimum atomic E-state index is -3.41. The third-order valence-electron chi connectivity index (χ3n) is 1.47. The summed E-state index contributed by atoms with van der Waals surface area (Å²) < 4.78 is 38.1. The van der Waals surface area contributed by atoms with E-state index < -0.39 is 10.1 Å². The molecule has 1 aromatic carbocycles. The molecular weight excluding hydrogens is 207 g/mol. The number of halogens is 1. The maximum absolute atomic E-state index is 12.5. The first-order valence-corrected chi connectivity index (χ1v) is 5.72. The Labute approximate surface area is 82.6 Å². The molecular formula is C9H10FO3S. The van der Waals surface area contributed by atoms with Crippen LogP contribution in [0.4, 0.5) is 4.39 Å². The van der Waals surface area contributed by atoms with Crippen LogP contribution in [0, 0.1) is 12.2 Å². The first-order chi connectivity index (χ1) is 6.47. The average Bonchev–Trinajstić information content (AvgIpc) is 2.06. The van der Waals surface area contributed by atoms with Crippen LogP contribution in [0.1, 0.15) is 5.56 Å². The molecule has 77 valence electrons. The second-order valence-corrected chi connectivity index (χ2v) is 4.39. The Kier molecular flexibility index (Phi) is 3.60. The van der Waals surface area contributed by atoms with Gasteiger partial charge in [-0.25, -0.2) is 4.39 Å². The lowest BCUT2D eigenvalue weighted by molar-refractivity contribution is 0.352. The molecule has 0 bridgehead atoms. The SMILES string of the molecule is CS(=O)(=O)OC[CH]c1ccc(F)cc1. The predicted octanol–water partition coefficient (Wildman–Crippen LogP) is 1.35. The van der Waals surface area contributed by atoms with Crippen molar-refractivity contribution < 1.29 is 17.0 Å². The minimum Gasteiger partial charge on any atom is -0.270 e. The molecule has 14 heavy (non-hydrogen) atoms. The first kappa shape index (κ1) is 11.1. The zero-order valence-corrected chi connectivity index (χ0v) is 8.42.